The van der Waals surface area contributed by atoms with Crippen LogP contribution in [0.5, 0.6) is 5.75 Å². The molecule has 0 fully saturated rings. The number of thiazole rings is 1. The SMILES string of the molecule is CCOc1ccc(N2C(=O)C(Cl)=C(Nc3cccc(C(=O)Nc4nccs4)c3)C2=O)cc1. The van der Waals surface area contributed by atoms with E-state index in [4.69, 9.17) is 16.3 Å². The van der Waals surface area contributed by atoms with Crippen LogP contribution in [0, 0.1) is 0 Å². The second-order valence-corrected chi connectivity index (χ2v) is 7.83. The van der Waals surface area contributed by atoms with Gasteiger partial charge < -0.3 is 10.1 Å². The van der Waals surface area contributed by atoms with E-state index < -0.39 is 11.8 Å². The summed E-state index contributed by atoms with van der Waals surface area (Å²) >= 11 is 7.49. The van der Waals surface area contributed by atoms with Crippen LogP contribution in [0.4, 0.5) is 16.5 Å². The lowest BCUT2D eigenvalue weighted by Gasteiger charge is -2.15. The number of aromatic nitrogens is 1. The number of ether oxygens (including phenoxy) is 1. The molecule has 1 aliphatic heterocycles. The largest absolute Gasteiger partial charge is 0.494 e. The highest BCUT2D eigenvalue weighted by Crippen LogP contribution is 2.31. The first kappa shape index (κ1) is 21.5. The minimum atomic E-state index is -0.638. The second-order valence-electron chi connectivity index (χ2n) is 6.56. The Morgan fingerprint density at radius 3 is 2.62 bits per heavy atom. The smallest absolute Gasteiger partial charge is 0.283 e. The van der Waals surface area contributed by atoms with Crippen LogP contribution >= 0.6 is 22.9 Å². The van der Waals surface area contributed by atoms with E-state index in [1.165, 1.54) is 11.3 Å². The highest BCUT2D eigenvalue weighted by molar-refractivity contribution is 7.13. The molecule has 2 heterocycles. The molecule has 1 aliphatic rings. The second kappa shape index (κ2) is 9.21. The van der Waals surface area contributed by atoms with Crippen LogP contribution < -0.4 is 20.3 Å². The molecule has 0 atom stereocenters. The lowest BCUT2D eigenvalue weighted by Crippen LogP contribution is -2.32. The van der Waals surface area contributed by atoms with E-state index in [0.29, 0.717) is 34.4 Å². The van der Waals surface area contributed by atoms with Crippen molar-refractivity contribution in [3.05, 3.63) is 76.4 Å². The number of nitrogens with one attached hydrogen (secondary N) is 2. The van der Waals surface area contributed by atoms with E-state index in [1.807, 2.05) is 6.92 Å². The zero-order valence-corrected chi connectivity index (χ0v) is 18.4. The van der Waals surface area contributed by atoms with Gasteiger partial charge in [-0.2, -0.15) is 0 Å². The van der Waals surface area contributed by atoms with Crippen LogP contribution in [-0.2, 0) is 9.59 Å². The molecule has 0 saturated heterocycles. The first-order chi connectivity index (χ1) is 15.5. The van der Waals surface area contributed by atoms with Gasteiger partial charge in [0.1, 0.15) is 16.5 Å². The number of benzene rings is 2. The lowest BCUT2D eigenvalue weighted by atomic mass is 10.2. The molecule has 1 aromatic heterocycles. The van der Waals surface area contributed by atoms with Crippen molar-refractivity contribution in [3.8, 4) is 5.75 Å². The zero-order chi connectivity index (χ0) is 22.7. The van der Waals surface area contributed by atoms with E-state index in [1.54, 1.807) is 60.1 Å². The Bertz CT molecular complexity index is 1210. The first-order valence-corrected chi connectivity index (χ1v) is 10.8. The molecule has 3 aromatic rings. The molecule has 8 nitrogen and oxygen atoms in total. The van der Waals surface area contributed by atoms with Crippen LogP contribution in [0.3, 0.4) is 0 Å². The normalized spacial score (nSPS) is 13.5. The van der Waals surface area contributed by atoms with Crippen LogP contribution in [0.1, 0.15) is 17.3 Å². The van der Waals surface area contributed by atoms with Crippen molar-refractivity contribution in [2.24, 2.45) is 0 Å². The van der Waals surface area contributed by atoms with Gasteiger partial charge in [-0.05, 0) is 49.4 Å². The average molecular weight is 469 g/mol. The average Bonchev–Trinajstić information content (AvgIpc) is 3.38. The fraction of sp³-hybridized carbons (Fsp3) is 0.0909. The molecule has 162 valence electrons. The Morgan fingerprint density at radius 1 is 1.16 bits per heavy atom. The fourth-order valence-corrected chi connectivity index (χ4v) is 3.78. The van der Waals surface area contributed by atoms with E-state index in [9.17, 15) is 14.4 Å². The molecule has 3 amide bonds. The summed E-state index contributed by atoms with van der Waals surface area (Å²) in [5, 5.41) is 7.55. The molecule has 0 bridgehead atoms. The standard InChI is InChI=1S/C22H17ClN4O4S/c1-2-31-16-8-6-15(7-9-16)27-20(29)17(23)18(21(27)30)25-14-5-3-4-13(12-14)19(28)26-22-24-10-11-32-22/h3-12,25H,2H2,1H3,(H,24,26,28). The van der Waals surface area contributed by atoms with Gasteiger partial charge in [-0.25, -0.2) is 9.88 Å². The van der Waals surface area contributed by atoms with E-state index in [0.717, 1.165) is 4.90 Å². The number of carbonyl (C=O) groups is 3. The number of imide groups is 1. The third-order valence-electron chi connectivity index (χ3n) is 4.48. The quantitative estimate of drug-likeness (QED) is 0.503. The van der Waals surface area contributed by atoms with Crippen LogP contribution in [-0.4, -0.2) is 29.3 Å². The minimum Gasteiger partial charge on any atom is -0.494 e. The minimum absolute atomic E-state index is 0.0666. The van der Waals surface area contributed by atoms with Crippen molar-refractivity contribution in [1.82, 2.24) is 4.98 Å². The van der Waals surface area contributed by atoms with Crippen LogP contribution in [0.2, 0.25) is 0 Å². The van der Waals surface area contributed by atoms with Gasteiger partial charge in [0.25, 0.3) is 17.7 Å². The van der Waals surface area contributed by atoms with Gasteiger partial charge in [-0.15, -0.1) is 11.3 Å². The van der Waals surface area contributed by atoms with Crippen molar-refractivity contribution in [2.45, 2.75) is 6.92 Å². The molecule has 32 heavy (non-hydrogen) atoms. The topological polar surface area (TPSA) is 101 Å². The molecule has 2 N–H and O–H groups in total. The Labute approximate surface area is 192 Å². The Balaban J connectivity index is 1.52. The molecule has 4 rings (SSSR count). The number of hydrogen-bond acceptors (Lipinski definition) is 7. The summed E-state index contributed by atoms with van der Waals surface area (Å²) in [7, 11) is 0. The van der Waals surface area contributed by atoms with Crippen molar-refractivity contribution in [1.29, 1.82) is 0 Å². The molecule has 0 spiro atoms. The van der Waals surface area contributed by atoms with Gasteiger partial charge >= 0.3 is 0 Å². The molecular weight excluding hydrogens is 452 g/mol. The van der Waals surface area contributed by atoms with Gasteiger partial charge in [-0.1, -0.05) is 17.7 Å². The van der Waals surface area contributed by atoms with Crippen molar-refractivity contribution < 1.29 is 19.1 Å². The predicted octanol–water partition coefficient (Wildman–Crippen LogP) is 4.23. The zero-order valence-electron chi connectivity index (χ0n) is 16.8. The predicted molar refractivity (Wildman–Crippen MR) is 123 cm³/mol. The maximum atomic E-state index is 13.0. The number of rotatable bonds is 7. The third-order valence-corrected chi connectivity index (χ3v) is 5.52. The highest BCUT2D eigenvalue weighted by atomic mass is 35.5. The summed E-state index contributed by atoms with van der Waals surface area (Å²) in [5.41, 5.74) is 1.08. The molecule has 10 heteroatoms. The summed E-state index contributed by atoms with van der Waals surface area (Å²) in [6.07, 6.45) is 1.59. The number of carbonyl (C=O) groups excluding carboxylic acids is 3. The van der Waals surface area contributed by atoms with Gasteiger partial charge in [-0.3, -0.25) is 19.7 Å². The molecule has 2 aromatic carbocycles. The third kappa shape index (κ3) is 4.34. The maximum absolute atomic E-state index is 13.0. The molecule has 0 radical (unpaired) electrons. The van der Waals surface area contributed by atoms with E-state index in [2.05, 4.69) is 15.6 Å². The summed E-state index contributed by atoms with van der Waals surface area (Å²) in [5.74, 6) is -0.961. The van der Waals surface area contributed by atoms with Crippen molar-refractivity contribution >= 4 is 57.2 Å². The van der Waals surface area contributed by atoms with Crippen LogP contribution in [0.25, 0.3) is 0 Å². The lowest BCUT2D eigenvalue weighted by molar-refractivity contribution is -0.120. The fourth-order valence-electron chi connectivity index (χ4n) is 3.04. The molecule has 0 saturated carbocycles. The molecule has 0 unspecified atom stereocenters. The molecular formula is C22H17ClN4O4S. The summed E-state index contributed by atoms with van der Waals surface area (Å²) in [4.78, 5) is 43.1. The number of amides is 3. The van der Waals surface area contributed by atoms with Crippen LogP contribution in [0.15, 0.2) is 70.8 Å². The summed E-state index contributed by atoms with van der Waals surface area (Å²) < 4.78 is 5.39. The van der Waals surface area contributed by atoms with Gasteiger partial charge in [0.05, 0.1) is 12.3 Å². The maximum Gasteiger partial charge on any atom is 0.283 e. The summed E-state index contributed by atoms with van der Waals surface area (Å²) in [6.45, 7) is 2.37. The van der Waals surface area contributed by atoms with Crippen molar-refractivity contribution in [3.63, 3.8) is 0 Å². The Morgan fingerprint density at radius 2 is 1.94 bits per heavy atom. The Kier molecular flexibility index (Phi) is 6.20. The number of halogens is 1. The highest BCUT2D eigenvalue weighted by Gasteiger charge is 2.39. The van der Waals surface area contributed by atoms with E-state index in [-0.39, 0.29) is 16.6 Å². The van der Waals surface area contributed by atoms with E-state index >= 15 is 0 Å². The number of anilines is 3. The monoisotopic (exact) mass is 468 g/mol. The Hall–Kier alpha value is -3.69. The number of hydrogen-bond donors (Lipinski definition) is 2. The number of nitrogens with zero attached hydrogens (tertiary/aromatic N) is 2. The summed E-state index contributed by atoms with van der Waals surface area (Å²) in [6, 6.07) is 13.0. The first-order valence-electron chi connectivity index (χ1n) is 9.57. The van der Waals surface area contributed by atoms with Gasteiger partial charge in [0, 0.05) is 22.8 Å². The van der Waals surface area contributed by atoms with Gasteiger partial charge in [0.2, 0.25) is 0 Å². The molecule has 0 aliphatic carbocycles. The van der Waals surface area contributed by atoms with Crippen molar-refractivity contribution in [2.75, 3.05) is 22.1 Å². The van der Waals surface area contributed by atoms with Gasteiger partial charge in [0.15, 0.2) is 5.13 Å².